The Kier molecular flexibility index (Phi) is 6.24. The molecule has 2 rings (SSSR count). The van der Waals surface area contributed by atoms with Crippen LogP contribution >= 0.6 is 11.6 Å². The molecule has 0 aromatic heterocycles. The van der Waals surface area contributed by atoms with Crippen molar-refractivity contribution in [3.05, 3.63) is 34.6 Å². The number of hydrogen-bond acceptors (Lipinski definition) is 4. The van der Waals surface area contributed by atoms with Gasteiger partial charge in [0.1, 0.15) is 17.5 Å². The van der Waals surface area contributed by atoms with Crippen molar-refractivity contribution in [2.45, 2.75) is 39.0 Å². The number of nitrogens with zero attached hydrogens (tertiary/aromatic N) is 1. The molecule has 0 bridgehead atoms. The molecule has 138 valence electrons. The van der Waals surface area contributed by atoms with E-state index >= 15 is 0 Å². The summed E-state index contributed by atoms with van der Waals surface area (Å²) in [4.78, 5) is 26.1. The molecule has 25 heavy (non-hydrogen) atoms. The van der Waals surface area contributed by atoms with E-state index in [-0.39, 0.29) is 30.3 Å². The second-order valence-corrected chi connectivity index (χ2v) is 7.10. The van der Waals surface area contributed by atoms with Gasteiger partial charge in [-0.3, -0.25) is 9.69 Å². The molecule has 0 unspecified atom stereocenters. The highest BCUT2D eigenvalue weighted by Crippen LogP contribution is 2.18. The minimum atomic E-state index is -0.828. The lowest BCUT2D eigenvalue weighted by atomic mass is 10.1. The van der Waals surface area contributed by atoms with Gasteiger partial charge in [0, 0.05) is 18.7 Å². The van der Waals surface area contributed by atoms with Gasteiger partial charge in [-0.15, -0.1) is 0 Å². The lowest BCUT2D eigenvalue weighted by Gasteiger charge is -2.35. The fourth-order valence-corrected chi connectivity index (χ4v) is 2.54. The van der Waals surface area contributed by atoms with E-state index in [4.69, 9.17) is 21.1 Å². The third-order valence-electron chi connectivity index (χ3n) is 3.54. The number of hydrogen-bond donors (Lipinski definition) is 1. The summed E-state index contributed by atoms with van der Waals surface area (Å²) in [5, 5.41) is 2.61. The highest BCUT2D eigenvalue weighted by atomic mass is 35.5. The largest absolute Gasteiger partial charge is 0.444 e. The van der Waals surface area contributed by atoms with Crippen molar-refractivity contribution < 1.29 is 23.5 Å². The van der Waals surface area contributed by atoms with Gasteiger partial charge in [-0.25, -0.2) is 9.18 Å². The molecule has 1 N–H and O–H groups in total. The van der Waals surface area contributed by atoms with Crippen LogP contribution in [0.3, 0.4) is 0 Å². The summed E-state index contributed by atoms with van der Waals surface area (Å²) < 4.78 is 24.5. The number of carbonyl (C=O) groups excluding carboxylic acids is 2. The van der Waals surface area contributed by atoms with Crippen LogP contribution in [0.2, 0.25) is 5.02 Å². The molecule has 0 saturated carbocycles. The first-order chi connectivity index (χ1) is 11.7. The highest BCUT2D eigenvalue weighted by Gasteiger charge is 2.35. The first kappa shape index (κ1) is 19.5. The number of ether oxygens (including phenoxy) is 2. The molecule has 0 spiro atoms. The molecule has 2 amide bonds. The van der Waals surface area contributed by atoms with Gasteiger partial charge in [0.05, 0.1) is 18.2 Å². The maximum atomic E-state index is 13.9. The van der Waals surface area contributed by atoms with Gasteiger partial charge in [-0.05, 0) is 26.8 Å². The quantitative estimate of drug-likeness (QED) is 0.885. The number of rotatable bonds is 3. The van der Waals surface area contributed by atoms with Crippen molar-refractivity contribution in [2.75, 3.05) is 19.8 Å². The van der Waals surface area contributed by atoms with Crippen molar-refractivity contribution in [3.63, 3.8) is 0 Å². The third-order valence-corrected chi connectivity index (χ3v) is 3.84. The van der Waals surface area contributed by atoms with Gasteiger partial charge >= 0.3 is 6.09 Å². The van der Waals surface area contributed by atoms with Crippen LogP contribution in [0.5, 0.6) is 0 Å². The van der Waals surface area contributed by atoms with Crippen LogP contribution in [-0.4, -0.2) is 48.3 Å². The predicted octanol–water partition coefficient (Wildman–Crippen LogP) is 2.73. The standard InChI is InChI=1S/C17H22ClFN2O4/c1-17(2,3)25-16(23)21-7-8-24-10-13(21)15(22)20-9-11-5-4-6-12(18)14(11)19/h4-6,13H,7-10H2,1-3H3,(H,20,22)/t13-/m0/s1. The van der Waals surface area contributed by atoms with E-state index in [0.29, 0.717) is 6.61 Å². The number of morpholine rings is 1. The molecule has 1 aliphatic heterocycles. The second kappa shape index (κ2) is 8.01. The Morgan fingerprint density at radius 2 is 2.16 bits per heavy atom. The van der Waals surface area contributed by atoms with E-state index in [1.165, 1.54) is 17.0 Å². The molecule has 1 aliphatic rings. The van der Waals surface area contributed by atoms with Crippen molar-refractivity contribution in [1.82, 2.24) is 10.2 Å². The van der Waals surface area contributed by atoms with E-state index in [1.807, 2.05) is 0 Å². The Balaban J connectivity index is 2.02. The summed E-state index contributed by atoms with van der Waals surface area (Å²) in [7, 11) is 0. The van der Waals surface area contributed by atoms with Gasteiger partial charge in [0.15, 0.2) is 0 Å². The maximum Gasteiger partial charge on any atom is 0.411 e. The summed E-state index contributed by atoms with van der Waals surface area (Å²) in [5.74, 6) is -1.02. The summed E-state index contributed by atoms with van der Waals surface area (Å²) in [6.45, 7) is 5.85. The van der Waals surface area contributed by atoms with Crippen LogP contribution in [0.25, 0.3) is 0 Å². The molecule has 8 heteroatoms. The molecule has 1 atom stereocenters. The zero-order valence-corrected chi connectivity index (χ0v) is 15.2. The number of carbonyl (C=O) groups is 2. The van der Waals surface area contributed by atoms with Gasteiger partial charge in [-0.1, -0.05) is 23.7 Å². The molecular weight excluding hydrogens is 351 g/mol. The molecule has 1 aromatic carbocycles. The fraction of sp³-hybridized carbons (Fsp3) is 0.529. The van der Waals surface area contributed by atoms with Crippen LogP contribution in [0, 0.1) is 5.82 Å². The topological polar surface area (TPSA) is 67.9 Å². The smallest absolute Gasteiger partial charge is 0.411 e. The fourth-order valence-electron chi connectivity index (χ4n) is 2.35. The molecule has 1 fully saturated rings. The summed E-state index contributed by atoms with van der Waals surface area (Å²) in [6, 6.07) is 3.74. The van der Waals surface area contributed by atoms with Gasteiger partial charge in [-0.2, -0.15) is 0 Å². The third kappa shape index (κ3) is 5.31. The SMILES string of the molecule is CC(C)(C)OC(=O)N1CCOC[C@H]1C(=O)NCc1cccc(Cl)c1F. The second-order valence-electron chi connectivity index (χ2n) is 6.70. The highest BCUT2D eigenvalue weighted by molar-refractivity contribution is 6.30. The number of nitrogens with one attached hydrogen (secondary N) is 1. The normalized spacial score (nSPS) is 18.0. The summed E-state index contributed by atoms with van der Waals surface area (Å²) in [5.41, 5.74) is -0.401. The van der Waals surface area contributed by atoms with Gasteiger partial charge < -0.3 is 14.8 Å². The lowest BCUT2D eigenvalue weighted by Crippen LogP contribution is -2.56. The molecule has 0 radical (unpaired) electrons. The van der Waals surface area contributed by atoms with E-state index in [2.05, 4.69) is 5.32 Å². The minimum absolute atomic E-state index is 0.0110. The molecule has 1 heterocycles. The van der Waals surface area contributed by atoms with Crippen molar-refractivity contribution in [3.8, 4) is 0 Å². The monoisotopic (exact) mass is 372 g/mol. The first-order valence-corrected chi connectivity index (χ1v) is 8.35. The van der Waals surface area contributed by atoms with Crippen LogP contribution in [0.1, 0.15) is 26.3 Å². The Morgan fingerprint density at radius 3 is 2.84 bits per heavy atom. The Bertz CT molecular complexity index is 648. The molecule has 1 aromatic rings. The zero-order chi connectivity index (χ0) is 18.6. The molecule has 0 aliphatic carbocycles. The van der Waals surface area contributed by atoms with Crippen molar-refractivity contribution in [2.24, 2.45) is 0 Å². The van der Waals surface area contributed by atoms with Gasteiger partial charge in [0.25, 0.3) is 0 Å². The van der Waals surface area contributed by atoms with E-state index in [9.17, 15) is 14.0 Å². The van der Waals surface area contributed by atoms with Gasteiger partial charge in [0.2, 0.25) is 5.91 Å². The Hall–Kier alpha value is -1.86. The number of amides is 2. The lowest BCUT2D eigenvalue weighted by molar-refractivity contribution is -0.132. The van der Waals surface area contributed by atoms with Crippen LogP contribution in [0.15, 0.2) is 18.2 Å². The van der Waals surface area contributed by atoms with Crippen LogP contribution in [-0.2, 0) is 20.8 Å². The summed E-state index contributed by atoms with van der Waals surface area (Å²) in [6.07, 6.45) is -0.579. The van der Waals surface area contributed by atoms with E-state index in [0.717, 1.165) is 0 Å². The predicted molar refractivity (Wildman–Crippen MR) is 90.8 cm³/mol. The maximum absolute atomic E-state index is 13.9. The van der Waals surface area contributed by atoms with Crippen LogP contribution in [0.4, 0.5) is 9.18 Å². The van der Waals surface area contributed by atoms with Crippen molar-refractivity contribution in [1.29, 1.82) is 0 Å². The number of halogens is 2. The molecular formula is C17H22ClFN2O4. The average Bonchev–Trinajstić information content (AvgIpc) is 2.54. The Labute approximate surface area is 151 Å². The van der Waals surface area contributed by atoms with Crippen LogP contribution < -0.4 is 5.32 Å². The average molecular weight is 373 g/mol. The summed E-state index contributed by atoms with van der Waals surface area (Å²) >= 11 is 5.73. The minimum Gasteiger partial charge on any atom is -0.444 e. The zero-order valence-electron chi connectivity index (χ0n) is 14.5. The molecule has 6 nitrogen and oxygen atoms in total. The van der Waals surface area contributed by atoms with E-state index < -0.39 is 29.5 Å². The van der Waals surface area contributed by atoms with E-state index in [1.54, 1.807) is 26.8 Å². The van der Waals surface area contributed by atoms with Crippen molar-refractivity contribution >= 4 is 23.6 Å². The Morgan fingerprint density at radius 1 is 1.44 bits per heavy atom. The molecule has 1 saturated heterocycles. The number of benzene rings is 1. The first-order valence-electron chi connectivity index (χ1n) is 7.97.